The Morgan fingerprint density at radius 1 is 0.867 bits per heavy atom. The third-order valence-corrected chi connectivity index (χ3v) is 5.22. The van der Waals surface area contributed by atoms with Crippen LogP contribution < -0.4 is 5.56 Å². The second-order valence-corrected chi connectivity index (χ2v) is 7.30. The molecule has 1 aliphatic heterocycles. The summed E-state index contributed by atoms with van der Waals surface area (Å²) < 4.78 is 27.9. The van der Waals surface area contributed by atoms with Crippen LogP contribution >= 0.6 is 0 Å². The second-order valence-electron chi connectivity index (χ2n) is 7.30. The molecule has 2 heterocycles. The third-order valence-electron chi connectivity index (χ3n) is 5.22. The number of pyridine rings is 1. The van der Waals surface area contributed by atoms with E-state index in [1.54, 1.807) is 11.0 Å². The first-order chi connectivity index (χ1) is 14.5. The molecule has 2 aromatic carbocycles. The zero-order chi connectivity index (χ0) is 21.1. The van der Waals surface area contributed by atoms with Crippen LogP contribution in [0.2, 0.25) is 0 Å². The van der Waals surface area contributed by atoms with Crippen molar-refractivity contribution in [3.8, 4) is 5.69 Å². The van der Waals surface area contributed by atoms with Crippen LogP contribution in [0.4, 0.5) is 8.78 Å². The fraction of sp³-hybridized carbons (Fsp3) is 0.217. The Balaban J connectivity index is 1.43. The Bertz CT molecular complexity index is 1100. The standard InChI is InChI=1S/C23H21F2N3O2/c24-19-5-7-21(8-6-19)28-16-18(4-9-22(28)29)23(30)27-12-10-26(11-13-27)15-17-2-1-3-20(25)14-17/h1-9,14,16H,10-13,15H2. The van der Waals surface area contributed by atoms with Crippen molar-refractivity contribution in [2.24, 2.45) is 0 Å². The van der Waals surface area contributed by atoms with Crippen LogP contribution in [0, 0.1) is 11.6 Å². The topological polar surface area (TPSA) is 45.6 Å². The predicted octanol–water partition coefficient (Wildman–Crippen LogP) is 3.07. The Morgan fingerprint density at radius 2 is 1.60 bits per heavy atom. The molecular formula is C23H21F2N3O2. The monoisotopic (exact) mass is 409 g/mol. The van der Waals surface area contributed by atoms with Crippen molar-refractivity contribution in [3.63, 3.8) is 0 Å². The van der Waals surface area contributed by atoms with E-state index in [4.69, 9.17) is 0 Å². The summed E-state index contributed by atoms with van der Waals surface area (Å²) in [4.78, 5) is 29.1. The summed E-state index contributed by atoms with van der Waals surface area (Å²) in [5.74, 6) is -0.802. The average Bonchev–Trinajstić information content (AvgIpc) is 2.75. The molecule has 0 atom stereocenters. The highest BCUT2D eigenvalue weighted by Crippen LogP contribution is 2.13. The molecule has 1 fully saturated rings. The minimum Gasteiger partial charge on any atom is -0.336 e. The summed E-state index contributed by atoms with van der Waals surface area (Å²) in [5, 5.41) is 0. The highest BCUT2D eigenvalue weighted by Gasteiger charge is 2.23. The molecule has 0 N–H and O–H groups in total. The van der Waals surface area contributed by atoms with E-state index in [1.165, 1.54) is 59.3 Å². The molecule has 5 nitrogen and oxygen atoms in total. The van der Waals surface area contributed by atoms with Gasteiger partial charge in [0.15, 0.2) is 0 Å². The first kappa shape index (κ1) is 20.0. The molecule has 0 saturated carbocycles. The molecule has 3 aromatic rings. The average molecular weight is 409 g/mol. The molecule has 0 aliphatic carbocycles. The molecule has 1 aromatic heterocycles. The van der Waals surface area contributed by atoms with E-state index in [9.17, 15) is 18.4 Å². The van der Waals surface area contributed by atoms with Gasteiger partial charge in [-0.15, -0.1) is 0 Å². The minimum absolute atomic E-state index is 0.156. The zero-order valence-electron chi connectivity index (χ0n) is 16.3. The molecule has 0 radical (unpaired) electrons. The van der Waals surface area contributed by atoms with Crippen LogP contribution in [-0.4, -0.2) is 46.5 Å². The summed E-state index contributed by atoms with van der Waals surface area (Å²) in [6.45, 7) is 3.09. The second kappa shape index (κ2) is 8.59. The molecule has 30 heavy (non-hydrogen) atoms. The van der Waals surface area contributed by atoms with E-state index < -0.39 is 5.82 Å². The number of halogens is 2. The number of carbonyl (C=O) groups is 1. The maximum Gasteiger partial charge on any atom is 0.255 e. The highest BCUT2D eigenvalue weighted by molar-refractivity contribution is 5.94. The van der Waals surface area contributed by atoms with Gasteiger partial charge in [-0.1, -0.05) is 12.1 Å². The molecular weight excluding hydrogens is 388 g/mol. The molecule has 1 saturated heterocycles. The quantitative estimate of drug-likeness (QED) is 0.665. The number of aromatic nitrogens is 1. The lowest BCUT2D eigenvalue weighted by Gasteiger charge is -2.34. The van der Waals surface area contributed by atoms with Crippen LogP contribution in [0.1, 0.15) is 15.9 Å². The third kappa shape index (κ3) is 4.46. The van der Waals surface area contributed by atoms with Crippen molar-refractivity contribution < 1.29 is 13.6 Å². The summed E-state index contributed by atoms with van der Waals surface area (Å²) >= 11 is 0. The van der Waals surface area contributed by atoms with Crippen molar-refractivity contribution in [1.82, 2.24) is 14.4 Å². The molecule has 0 unspecified atom stereocenters. The molecule has 7 heteroatoms. The fourth-order valence-electron chi connectivity index (χ4n) is 3.60. The van der Waals surface area contributed by atoms with E-state index in [1.807, 2.05) is 6.07 Å². The van der Waals surface area contributed by atoms with Crippen LogP contribution in [0.25, 0.3) is 5.69 Å². The summed E-state index contributed by atoms with van der Waals surface area (Å²) in [7, 11) is 0. The van der Waals surface area contributed by atoms with E-state index >= 15 is 0 Å². The molecule has 1 aliphatic rings. The first-order valence-corrected chi connectivity index (χ1v) is 9.74. The lowest BCUT2D eigenvalue weighted by atomic mass is 10.1. The number of hydrogen-bond donors (Lipinski definition) is 0. The first-order valence-electron chi connectivity index (χ1n) is 9.74. The van der Waals surface area contributed by atoms with Gasteiger partial charge in [0.2, 0.25) is 0 Å². The van der Waals surface area contributed by atoms with Crippen LogP contribution in [0.5, 0.6) is 0 Å². The van der Waals surface area contributed by atoms with Gasteiger partial charge in [0, 0.05) is 50.7 Å². The number of nitrogens with zero attached hydrogens (tertiary/aromatic N) is 3. The van der Waals surface area contributed by atoms with Gasteiger partial charge >= 0.3 is 0 Å². The molecule has 0 bridgehead atoms. The largest absolute Gasteiger partial charge is 0.336 e. The zero-order valence-corrected chi connectivity index (χ0v) is 16.3. The lowest BCUT2D eigenvalue weighted by molar-refractivity contribution is 0.0627. The van der Waals surface area contributed by atoms with Gasteiger partial charge in [-0.2, -0.15) is 0 Å². The van der Waals surface area contributed by atoms with Crippen molar-refractivity contribution in [2.45, 2.75) is 6.54 Å². The van der Waals surface area contributed by atoms with E-state index in [-0.39, 0.29) is 17.3 Å². The summed E-state index contributed by atoms with van der Waals surface area (Å²) in [6, 6.07) is 14.9. The van der Waals surface area contributed by atoms with Crippen LogP contribution in [0.15, 0.2) is 71.7 Å². The minimum atomic E-state index is -0.393. The summed E-state index contributed by atoms with van der Waals surface area (Å²) in [6.07, 6.45) is 1.50. The predicted molar refractivity (Wildman–Crippen MR) is 110 cm³/mol. The van der Waals surface area contributed by atoms with Crippen molar-refractivity contribution in [3.05, 3.63) is 100.0 Å². The van der Waals surface area contributed by atoms with Gasteiger partial charge in [0.05, 0.1) is 5.56 Å². The smallest absolute Gasteiger partial charge is 0.255 e. The Morgan fingerprint density at radius 3 is 2.30 bits per heavy atom. The van der Waals surface area contributed by atoms with Gasteiger partial charge < -0.3 is 4.90 Å². The van der Waals surface area contributed by atoms with Gasteiger partial charge in [-0.25, -0.2) is 8.78 Å². The number of benzene rings is 2. The maximum atomic E-state index is 13.4. The molecule has 4 rings (SSSR count). The maximum absolute atomic E-state index is 13.4. The Hall–Kier alpha value is -3.32. The normalized spacial score (nSPS) is 14.7. The number of carbonyl (C=O) groups excluding carboxylic acids is 1. The van der Waals surface area contributed by atoms with E-state index in [0.29, 0.717) is 44.0 Å². The van der Waals surface area contributed by atoms with Gasteiger partial charge in [0.1, 0.15) is 11.6 Å². The summed E-state index contributed by atoms with van der Waals surface area (Å²) in [5.41, 5.74) is 1.51. The highest BCUT2D eigenvalue weighted by atomic mass is 19.1. The van der Waals surface area contributed by atoms with Crippen LogP contribution in [-0.2, 0) is 6.54 Å². The van der Waals surface area contributed by atoms with E-state index in [0.717, 1.165) is 5.56 Å². The fourth-order valence-corrected chi connectivity index (χ4v) is 3.60. The number of amides is 1. The molecule has 154 valence electrons. The number of rotatable bonds is 4. The van der Waals surface area contributed by atoms with Gasteiger partial charge in [0.25, 0.3) is 11.5 Å². The van der Waals surface area contributed by atoms with Crippen molar-refractivity contribution >= 4 is 5.91 Å². The van der Waals surface area contributed by atoms with Crippen molar-refractivity contribution in [2.75, 3.05) is 26.2 Å². The molecule has 1 amide bonds. The Labute approximate surface area is 172 Å². The molecule has 0 spiro atoms. The van der Waals surface area contributed by atoms with Crippen molar-refractivity contribution in [1.29, 1.82) is 0 Å². The SMILES string of the molecule is O=C(c1ccc(=O)n(-c2ccc(F)cc2)c1)N1CCN(Cc2cccc(F)c2)CC1. The van der Waals surface area contributed by atoms with Gasteiger partial charge in [-0.3, -0.25) is 19.1 Å². The lowest BCUT2D eigenvalue weighted by Crippen LogP contribution is -2.48. The number of hydrogen-bond acceptors (Lipinski definition) is 3. The number of piperazine rings is 1. The van der Waals surface area contributed by atoms with E-state index in [2.05, 4.69) is 4.90 Å². The van der Waals surface area contributed by atoms with Crippen LogP contribution in [0.3, 0.4) is 0 Å². The van der Waals surface area contributed by atoms with Gasteiger partial charge in [-0.05, 0) is 48.0 Å². The Kier molecular flexibility index (Phi) is 5.72.